The number of hydrogen-bond donors (Lipinski definition) is 2. The van der Waals surface area contributed by atoms with Crippen molar-refractivity contribution in [3.8, 4) is 5.75 Å². The van der Waals surface area contributed by atoms with Gasteiger partial charge in [0.25, 0.3) is 0 Å². The Bertz CT molecular complexity index is 920. The van der Waals surface area contributed by atoms with Crippen molar-refractivity contribution >= 4 is 34.3 Å². The molecule has 130 valence electrons. The molecule has 0 aliphatic heterocycles. The van der Waals surface area contributed by atoms with Crippen LogP contribution in [0.5, 0.6) is 5.75 Å². The third kappa shape index (κ3) is 3.30. The number of esters is 1. The molecule has 0 spiro atoms. The summed E-state index contributed by atoms with van der Waals surface area (Å²) in [5.74, 6) is 0.177. The number of aromatic nitrogens is 1. The molecule has 1 heterocycles. The number of carbonyl (C=O) groups excluding carboxylic acids is 1. The fraction of sp³-hybridized carbons (Fsp3) is 0.211. The minimum atomic E-state index is -0.388. The van der Waals surface area contributed by atoms with Gasteiger partial charge in [-0.15, -0.1) is 11.8 Å². The lowest BCUT2D eigenvalue weighted by molar-refractivity contribution is 0.0527. The van der Waals surface area contributed by atoms with Crippen LogP contribution in [0.4, 0.5) is 5.69 Å². The number of nitrogens with two attached hydrogens (primary N) is 1. The van der Waals surface area contributed by atoms with Crippen LogP contribution >= 0.6 is 11.8 Å². The topological polar surface area (TPSA) is 77.5 Å². The number of rotatable bonds is 5. The van der Waals surface area contributed by atoms with Crippen LogP contribution in [-0.2, 0) is 17.5 Å². The number of hydrogen-bond acceptors (Lipinski definition) is 5. The highest BCUT2D eigenvalue weighted by Crippen LogP contribution is 2.35. The van der Waals surface area contributed by atoms with E-state index in [0.717, 1.165) is 16.1 Å². The number of phenols is 1. The number of nitrogens with zero attached hydrogens (tertiary/aromatic N) is 1. The molecule has 0 fully saturated rings. The molecule has 0 saturated carbocycles. The third-order valence-corrected chi connectivity index (χ3v) is 5.09. The molecule has 0 unspecified atom stereocenters. The Labute approximate surface area is 150 Å². The molecule has 1 aromatic heterocycles. The normalized spacial score (nSPS) is 11.0. The van der Waals surface area contributed by atoms with Crippen LogP contribution in [0, 0.1) is 0 Å². The van der Waals surface area contributed by atoms with Crippen molar-refractivity contribution in [2.75, 3.05) is 12.3 Å². The van der Waals surface area contributed by atoms with Gasteiger partial charge in [0.1, 0.15) is 5.75 Å². The summed E-state index contributed by atoms with van der Waals surface area (Å²) in [7, 11) is 1.89. The number of carbonyl (C=O) groups is 1. The molecule has 0 radical (unpaired) electrons. The van der Waals surface area contributed by atoms with Crippen molar-refractivity contribution in [3.63, 3.8) is 0 Å². The maximum absolute atomic E-state index is 12.5. The van der Waals surface area contributed by atoms with Crippen molar-refractivity contribution in [1.29, 1.82) is 0 Å². The van der Waals surface area contributed by atoms with Gasteiger partial charge in [-0.25, -0.2) is 4.79 Å². The molecule has 0 bridgehead atoms. The maximum Gasteiger partial charge on any atom is 0.340 e. The maximum atomic E-state index is 12.5. The van der Waals surface area contributed by atoms with Crippen LogP contribution in [0.2, 0.25) is 0 Å². The summed E-state index contributed by atoms with van der Waals surface area (Å²) in [5.41, 5.74) is 8.23. The van der Waals surface area contributed by atoms with Gasteiger partial charge < -0.3 is 20.1 Å². The zero-order valence-electron chi connectivity index (χ0n) is 14.2. The molecule has 3 N–H and O–H groups in total. The van der Waals surface area contributed by atoms with E-state index in [1.807, 2.05) is 41.9 Å². The molecular weight excluding hydrogens is 336 g/mol. The Kier molecular flexibility index (Phi) is 4.90. The summed E-state index contributed by atoms with van der Waals surface area (Å²) in [5, 5.41) is 10.6. The van der Waals surface area contributed by atoms with Crippen LogP contribution in [0.15, 0.2) is 47.4 Å². The molecule has 25 heavy (non-hydrogen) atoms. The van der Waals surface area contributed by atoms with Crippen molar-refractivity contribution in [3.05, 3.63) is 53.7 Å². The summed E-state index contributed by atoms with van der Waals surface area (Å²) in [4.78, 5) is 13.7. The molecule has 2 aromatic carbocycles. The molecule has 6 heteroatoms. The molecule has 0 amide bonds. The second-order valence-electron chi connectivity index (χ2n) is 5.63. The molecule has 5 nitrogen and oxygen atoms in total. The van der Waals surface area contributed by atoms with Crippen molar-refractivity contribution in [2.45, 2.75) is 17.6 Å². The Hall–Kier alpha value is -2.60. The quantitative estimate of drug-likeness (QED) is 0.313. The van der Waals surface area contributed by atoms with Crippen molar-refractivity contribution in [2.24, 2.45) is 7.05 Å². The highest BCUT2D eigenvalue weighted by Gasteiger charge is 2.23. The second-order valence-corrected chi connectivity index (χ2v) is 6.68. The van der Waals surface area contributed by atoms with Crippen molar-refractivity contribution in [1.82, 2.24) is 4.57 Å². The smallest absolute Gasteiger partial charge is 0.340 e. The number of fused-ring (bicyclic) bond motifs is 1. The van der Waals surface area contributed by atoms with Crippen LogP contribution in [0.25, 0.3) is 10.9 Å². The van der Waals surface area contributed by atoms with Gasteiger partial charge in [-0.05, 0) is 31.2 Å². The first-order chi connectivity index (χ1) is 12.0. The fourth-order valence-corrected chi connectivity index (χ4v) is 3.80. The Balaban J connectivity index is 2.10. The van der Waals surface area contributed by atoms with Gasteiger partial charge in [0.15, 0.2) is 0 Å². The summed E-state index contributed by atoms with van der Waals surface area (Å²) in [6.07, 6.45) is 0. The molecule has 0 saturated heterocycles. The molecule has 3 aromatic rings. The Morgan fingerprint density at radius 1 is 1.28 bits per heavy atom. The first kappa shape index (κ1) is 17.2. The van der Waals surface area contributed by atoms with E-state index in [1.54, 1.807) is 24.8 Å². The summed E-state index contributed by atoms with van der Waals surface area (Å²) in [6.45, 7) is 2.07. The van der Waals surface area contributed by atoms with Gasteiger partial charge in [-0.2, -0.15) is 0 Å². The highest BCUT2D eigenvalue weighted by atomic mass is 32.2. The number of phenolic OH excluding ortho intramolecular Hbond substituents is 1. The summed E-state index contributed by atoms with van der Waals surface area (Å²) < 4.78 is 7.18. The summed E-state index contributed by atoms with van der Waals surface area (Å²) >= 11 is 1.64. The lowest BCUT2D eigenvalue weighted by Gasteiger charge is -2.08. The predicted octanol–water partition coefficient (Wildman–Crippen LogP) is 3.94. The van der Waals surface area contributed by atoms with E-state index in [2.05, 4.69) is 0 Å². The van der Waals surface area contributed by atoms with Gasteiger partial charge in [0.2, 0.25) is 0 Å². The zero-order valence-corrected chi connectivity index (χ0v) is 15.0. The van der Waals surface area contributed by atoms with Gasteiger partial charge in [-0.3, -0.25) is 0 Å². The first-order valence-corrected chi connectivity index (χ1v) is 8.96. The van der Waals surface area contributed by atoms with Gasteiger partial charge in [0.05, 0.1) is 23.4 Å². The van der Waals surface area contributed by atoms with E-state index in [0.29, 0.717) is 23.3 Å². The van der Waals surface area contributed by atoms with E-state index in [9.17, 15) is 9.90 Å². The first-order valence-electron chi connectivity index (χ1n) is 7.97. The minimum Gasteiger partial charge on any atom is -0.506 e. The Morgan fingerprint density at radius 3 is 2.68 bits per heavy atom. The van der Waals surface area contributed by atoms with Crippen LogP contribution in [-0.4, -0.2) is 22.2 Å². The molecular formula is C19H20N2O3S. The highest BCUT2D eigenvalue weighted by molar-refractivity contribution is 7.98. The molecule has 0 atom stereocenters. The van der Waals surface area contributed by atoms with Gasteiger partial charge >= 0.3 is 5.97 Å². The van der Waals surface area contributed by atoms with E-state index in [-0.39, 0.29) is 17.4 Å². The second kappa shape index (κ2) is 7.11. The van der Waals surface area contributed by atoms with Crippen molar-refractivity contribution < 1.29 is 14.6 Å². The zero-order chi connectivity index (χ0) is 18.0. The lowest BCUT2D eigenvalue weighted by Crippen LogP contribution is -2.08. The standard InChI is InChI=1S/C19H20N2O3S/c1-3-24-19(23)18-13-9-17(22)14(20)10-15(13)21(2)16(18)11-25-12-7-5-4-6-8-12/h4-10,22H,3,11,20H2,1-2H3. The number of nitrogen functional groups attached to an aromatic ring is 1. The van der Waals surface area contributed by atoms with Crippen LogP contribution in [0.3, 0.4) is 0 Å². The predicted molar refractivity (Wildman–Crippen MR) is 101 cm³/mol. The van der Waals surface area contributed by atoms with Crippen LogP contribution < -0.4 is 5.73 Å². The van der Waals surface area contributed by atoms with E-state index < -0.39 is 0 Å². The summed E-state index contributed by atoms with van der Waals surface area (Å²) in [6, 6.07) is 13.2. The number of thioether (sulfide) groups is 1. The Morgan fingerprint density at radius 2 is 2.00 bits per heavy atom. The van der Waals surface area contributed by atoms with E-state index in [4.69, 9.17) is 10.5 Å². The largest absolute Gasteiger partial charge is 0.506 e. The number of aromatic hydroxyl groups is 1. The van der Waals surface area contributed by atoms with E-state index in [1.165, 1.54) is 6.07 Å². The average molecular weight is 356 g/mol. The average Bonchev–Trinajstić information content (AvgIpc) is 2.86. The minimum absolute atomic E-state index is 0.0362. The third-order valence-electron chi connectivity index (χ3n) is 4.07. The molecule has 0 aliphatic rings. The number of benzene rings is 2. The van der Waals surface area contributed by atoms with Crippen LogP contribution in [0.1, 0.15) is 23.0 Å². The number of anilines is 1. The van der Waals surface area contributed by atoms with Gasteiger partial charge in [0, 0.05) is 28.8 Å². The SMILES string of the molecule is CCOC(=O)c1c(CSc2ccccc2)n(C)c2cc(N)c(O)cc12. The van der Waals surface area contributed by atoms with E-state index >= 15 is 0 Å². The number of aryl methyl sites for hydroxylation is 1. The lowest BCUT2D eigenvalue weighted by atomic mass is 10.1. The van der Waals surface area contributed by atoms with Gasteiger partial charge in [-0.1, -0.05) is 18.2 Å². The molecule has 3 rings (SSSR count). The number of ether oxygens (including phenoxy) is 1. The fourth-order valence-electron chi connectivity index (χ4n) is 2.81. The monoisotopic (exact) mass is 356 g/mol. The molecule has 0 aliphatic carbocycles.